The minimum absolute atomic E-state index is 0.0106. The van der Waals surface area contributed by atoms with Crippen molar-refractivity contribution in [3.8, 4) is 0 Å². The minimum atomic E-state index is -0.540. The summed E-state index contributed by atoms with van der Waals surface area (Å²) in [5.74, 6) is -0.0484. The van der Waals surface area contributed by atoms with E-state index in [1.165, 1.54) is 10.9 Å². The van der Waals surface area contributed by atoms with Gasteiger partial charge in [-0.25, -0.2) is 4.98 Å². The van der Waals surface area contributed by atoms with Crippen molar-refractivity contribution < 1.29 is 9.90 Å². The second-order valence-corrected chi connectivity index (χ2v) is 7.20. The van der Waals surface area contributed by atoms with Crippen molar-refractivity contribution in [2.45, 2.75) is 25.5 Å². The number of pyridine rings is 1. The van der Waals surface area contributed by atoms with Gasteiger partial charge in [-0.1, -0.05) is 12.1 Å². The van der Waals surface area contributed by atoms with Crippen LogP contribution in [0.1, 0.15) is 12.0 Å². The van der Waals surface area contributed by atoms with Crippen LogP contribution in [0, 0.1) is 5.92 Å². The fourth-order valence-corrected chi connectivity index (χ4v) is 3.72. The van der Waals surface area contributed by atoms with Crippen molar-refractivity contribution >= 4 is 16.8 Å². The zero-order valence-corrected chi connectivity index (χ0v) is 15.4. The van der Waals surface area contributed by atoms with Crippen LogP contribution in [-0.4, -0.2) is 49.6 Å². The van der Waals surface area contributed by atoms with Crippen molar-refractivity contribution in [2.75, 3.05) is 13.1 Å². The fraction of sp³-hybridized carbons (Fsp3) is 0.333. The van der Waals surface area contributed by atoms with E-state index in [1.807, 2.05) is 18.2 Å². The Bertz CT molecular complexity index is 1030. The molecule has 1 saturated heterocycles. The molecular formula is C21H22N4O3. The number of carbonyl (C=O) groups is 1. The van der Waals surface area contributed by atoms with E-state index in [0.29, 0.717) is 30.4 Å². The Morgan fingerprint density at radius 2 is 1.93 bits per heavy atom. The molecule has 1 amide bonds. The second-order valence-electron chi connectivity index (χ2n) is 7.20. The predicted molar refractivity (Wildman–Crippen MR) is 105 cm³/mol. The first kappa shape index (κ1) is 18.3. The van der Waals surface area contributed by atoms with E-state index in [1.54, 1.807) is 35.5 Å². The van der Waals surface area contributed by atoms with Crippen LogP contribution < -0.4 is 5.56 Å². The number of likely N-dealkylation sites (tertiary alicyclic amines) is 1. The molecule has 1 N–H and O–H groups in total. The van der Waals surface area contributed by atoms with Gasteiger partial charge in [0.15, 0.2) is 0 Å². The molecule has 0 bridgehead atoms. The molecule has 0 unspecified atom stereocenters. The van der Waals surface area contributed by atoms with Gasteiger partial charge in [0.2, 0.25) is 5.91 Å². The van der Waals surface area contributed by atoms with E-state index in [2.05, 4.69) is 9.97 Å². The Hall–Kier alpha value is -3.06. The van der Waals surface area contributed by atoms with Gasteiger partial charge >= 0.3 is 0 Å². The number of benzene rings is 1. The Labute approximate surface area is 162 Å². The first-order valence-electron chi connectivity index (χ1n) is 9.41. The molecule has 7 heteroatoms. The molecule has 2 atom stereocenters. The van der Waals surface area contributed by atoms with Crippen LogP contribution in [0.4, 0.5) is 0 Å². The number of β-amino-alcohol motifs (C(OH)–C–C–N with tert-alkyl or cyclic N) is 1. The number of aliphatic hydroxyl groups is 1. The summed E-state index contributed by atoms with van der Waals surface area (Å²) in [7, 11) is 0. The molecule has 28 heavy (non-hydrogen) atoms. The minimum Gasteiger partial charge on any atom is -0.391 e. The molecule has 2 aromatic heterocycles. The summed E-state index contributed by atoms with van der Waals surface area (Å²) in [5, 5.41) is 10.9. The van der Waals surface area contributed by atoms with E-state index in [0.717, 1.165) is 5.56 Å². The van der Waals surface area contributed by atoms with Crippen molar-refractivity contribution in [2.24, 2.45) is 5.92 Å². The lowest BCUT2D eigenvalue weighted by Gasteiger charge is -2.16. The highest BCUT2D eigenvalue weighted by atomic mass is 16.3. The molecule has 1 aromatic carbocycles. The summed E-state index contributed by atoms with van der Waals surface area (Å²) in [6.07, 6.45) is 5.32. The van der Waals surface area contributed by atoms with Gasteiger partial charge in [0.25, 0.3) is 5.56 Å². The topological polar surface area (TPSA) is 88.3 Å². The van der Waals surface area contributed by atoms with E-state index in [9.17, 15) is 14.7 Å². The largest absolute Gasteiger partial charge is 0.391 e. The molecule has 4 rings (SSSR count). The summed E-state index contributed by atoms with van der Waals surface area (Å²) in [5.41, 5.74) is 1.61. The lowest BCUT2D eigenvalue weighted by atomic mass is 9.97. The average molecular weight is 378 g/mol. The van der Waals surface area contributed by atoms with Gasteiger partial charge in [-0.15, -0.1) is 0 Å². The summed E-state index contributed by atoms with van der Waals surface area (Å²) < 4.78 is 1.47. The number of aliphatic hydroxyl groups excluding tert-OH is 1. The van der Waals surface area contributed by atoms with E-state index >= 15 is 0 Å². The molecule has 0 saturated carbocycles. The van der Waals surface area contributed by atoms with Gasteiger partial charge in [0.1, 0.15) is 0 Å². The first-order valence-corrected chi connectivity index (χ1v) is 9.41. The van der Waals surface area contributed by atoms with Crippen LogP contribution in [0.3, 0.4) is 0 Å². The number of rotatable bonds is 5. The summed E-state index contributed by atoms with van der Waals surface area (Å²) in [4.78, 5) is 35.1. The Morgan fingerprint density at radius 3 is 2.75 bits per heavy atom. The molecular weight excluding hydrogens is 356 g/mol. The van der Waals surface area contributed by atoms with E-state index < -0.39 is 6.10 Å². The normalized spacial score (nSPS) is 19.2. The van der Waals surface area contributed by atoms with Crippen LogP contribution in [0.15, 0.2) is 59.9 Å². The summed E-state index contributed by atoms with van der Waals surface area (Å²) in [6, 6.07) is 11.0. The van der Waals surface area contributed by atoms with Gasteiger partial charge in [-0.05, 0) is 36.2 Å². The van der Waals surface area contributed by atoms with Gasteiger partial charge in [-0.2, -0.15) is 0 Å². The third-order valence-corrected chi connectivity index (χ3v) is 5.30. The molecule has 0 radical (unpaired) electrons. The highest BCUT2D eigenvalue weighted by Gasteiger charge is 2.33. The molecule has 0 spiro atoms. The number of carbonyl (C=O) groups excluding carboxylic acids is 1. The second kappa shape index (κ2) is 7.90. The molecule has 1 fully saturated rings. The maximum atomic E-state index is 12.6. The van der Waals surface area contributed by atoms with Crippen molar-refractivity contribution in [3.63, 3.8) is 0 Å². The van der Waals surface area contributed by atoms with Crippen LogP contribution in [-0.2, 0) is 17.8 Å². The lowest BCUT2D eigenvalue weighted by molar-refractivity contribution is -0.130. The lowest BCUT2D eigenvalue weighted by Crippen LogP contribution is -2.31. The van der Waals surface area contributed by atoms with Crippen LogP contribution in [0.5, 0.6) is 0 Å². The van der Waals surface area contributed by atoms with Gasteiger partial charge in [0, 0.05) is 44.4 Å². The van der Waals surface area contributed by atoms with Crippen LogP contribution >= 0.6 is 0 Å². The van der Waals surface area contributed by atoms with E-state index in [-0.39, 0.29) is 30.3 Å². The molecule has 7 nitrogen and oxygen atoms in total. The number of aromatic nitrogens is 3. The van der Waals surface area contributed by atoms with Crippen LogP contribution in [0.25, 0.3) is 10.9 Å². The number of amides is 1. The van der Waals surface area contributed by atoms with Crippen molar-refractivity contribution in [1.29, 1.82) is 0 Å². The van der Waals surface area contributed by atoms with Gasteiger partial charge in [0.05, 0.1) is 23.3 Å². The van der Waals surface area contributed by atoms with Crippen molar-refractivity contribution in [3.05, 3.63) is 71.0 Å². The van der Waals surface area contributed by atoms with Crippen LogP contribution in [0.2, 0.25) is 0 Å². The van der Waals surface area contributed by atoms with Gasteiger partial charge < -0.3 is 10.0 Å². The number of para-hydroxylation sites is 1. The average Bonchev–Trinajstić information content (AvgIpc) is 3.09. The zero-order chi connectivity index (χ0) is 19.5. The Morgan fingerprint density at radius 1 is 1.14 bits per heavy atom. The SMILES string of the molecule is O=C(CCn1cnc2ccccc2c1=O)N1C[C@@H](Cc2ccncc2)[C@H](O)C1. The highest BCUT2D eigenvalue weighted by molar-refractivity contribution is 5.77. The fourth-order valence-electron chi connectivity index (χ4n) is 3.72. The predicted octanol–water partition coefficient (Wildman–Crippen LogP) is 1.24. The maximum absolute atomic E-state index is 12.6. The zero-order valence-electron chi connectivity index (χ0n) is 15.4. The maximum Gasteiger partial charge on any atom is 0.261 e. The van der Waals surface area contributed by atoms with Gasteiger partial charge in [-0.3, -0.25) is 19.1 Å². The molecule has 3 heterocycles. The number of nitrogens with zero attached hydrogens (tertiary/aromatic N) is 4. The number of hydrogen-bond donors (Lipinski definition) is 1. The molecule has 1 aliphatic heterocycles. The quantitative estimate of drug-likeness (QED) is 0.722. The first-order chi connectivity index (χ1) is 13.6. The third-order valence-electron chi connectivity index (χ3n) is 5.30. The standard InChI is InChI=1S/C21H22N4O3/c26-19-13-25(12-16(19)11-15-5-8-22-9-6-15)20(27)7-10-24-14-23-18-4-2-1-3-17(18)21(24)28/h1-6,8-9,14,16,19,26H,7,10-13H2/t16-,19-/m1/s1. The van der Waals surface area contributed by atoms with Crippen molar-refractivity contribution in [1.82, 2.24) is 19.4 Å². The Kier molecular flexibility index (Phi) is 5.16. The molecule has 0 aliphatic carbocycles. The highest BCUT2D eigenvalue weighted by Crippen LogP contribution is 2.22. The molecule has 144 valence electrons. The summed E-state index contributed by atoms with van der Waals surface area (Å²) >= 11 is 0. The number of fused-ring (bicyclic) bond motifs is 1. The van der Waals surface area contributed by atoms with E-state index in [4.69, 9.17) is 0 Å². The number of hydrogen-bond acceptors (Lipinski definition) is 5. The number of aryl methyl sites for hydroxylation is 1. The summed E-state index contributed by atoms with van der Waals surface area (Å²) in [6.45, 7) is 1.13. The molecule has 3 aromatic rings. The smallest absolute Gasteiger partial charge is 0.261 e. The molecule has 1 aliphatic rings. The third kappa shape index (κ3) is 3.80. The monoisotopic (exact) mass is 378 g/mol. The Balaban J connectivity index is 1.38.